The number of ether oxygens (including phenoxy) is 1. The molecular weight excluding hydrogens is 268 g/mol. The van der Waals surface area contributed by atoms with E-state index in [2.05, 4.69) is 4.98 Å². The lowest BCUT2D eigenvalue weighted by molar-refractivity contribution is 0.0696. The lowest BCUT2D eigenvalue weighted by Crippen LogP contribution is -1.99. The summed E-state index contributed by atoms with van der Waals surface area (Å²) >= 11 is 5.70. The molecule has 0 aliphatic rings. The number of carboxylic acid groups (broad SMARTS) is 1. The van der Waals surface area contributed by atoms with Crippen LogP contribution in [0.15, 0.2) is 36.5 Å². The highest BCUT2D eigenvalue weighted by molar-refractivity contribution is 6.33. The van der Waals surface area contributed by atoms with Crippen molar-refractivity contribution in [1.29, 1.82) is 5.26 Å². The third-order valence-corrected chi connectivity index (χ3v) is 2.58. The van der Waals surface area contributed by atoms with Crippen molar-refractivity contribution in [2.45, 2.75) is 0 Å². The Morgan fingerprint density at radius 1 is 1.42 bits per heavy atom. The van der Waals surface area contributed by atoms with Crippen LogP contribution in [0.25, 0.3) is 0 Å². The number of hydrogen-bond acceptors (Lipinski definition) is 4. The smallest absolute Gasteiger partial charge is 0.337 e. The molecule has 2 rings (SSSR count). The molecule has 1 N–H and O–H groups in total. The molecule has 5 nitrogen and oxygen atoms in total. The number of pyridine rings is 1. The maximum atomic E-state index is 10.9. The van der Waals surface area contributed by atoms with Crippen molar-refractivity contribution in [2.24, 2.45) is 0 Å². The third-order valence-electron chi connectivity index (χ3n) is 2.28. The second-order valence-corrected chi connectivity index (χ2v) is 3.92. The maximum absolute atomic E-state index is 10.9. The Balaban J connectivity index is 2.37. The standard InChI is InChI=1S/C13H7ClN2O3/c14-10-7-16-12(5-9(10)13(17)18)19-11-4-2-1-3-8(11)6-15/h1-5,7H,(H,17,18). The molecule has 0 spiro atoms. The van der Waals surface area contributed by atoms with Crippen molar-refractivity contribution in [3.63, 3.8) is 0 Å². The van der Waals surface area contributed by atoms with Crippen molar-refractivity contribution < 1.29 is 14.6 Å². The molecule has 0 atom stereocenters. The van der Waals surface area contributed by atoms with Crippen molar-refractivity contribution in [2.75, 3.05) is 0 Å². The van der Waals surface area contributed by atoms with Gasteiger partial charge in [0.05, 0.1) is 22.3 Å². The first-order valence-corrected chi connectivity index (χ1v) is 5.55. The Morgan fingerprint density at radius 3 is 2.84 bits per heavy atom. The molecule has 0 bridgehead atoms. The van der Waals surface area contributed by atoms with E-state index in [0.29, 0.717) is 11.3 Å². The van der Waals surface area contributed by atoms with E-state index < -0.39 is 5.97 Å². The number of nitriles is 1. The second kappa shape index (κ2) is 5.38. The molecule has 1 aromatic heterocycles. The Kier molecular flexibility index (Phi) is 3.64. The second-order valence-electron chi connectivity index (χ2n) is 3.52. The van der Waals surface area contributed by atoms with Crippen LogP contribution >= 0.6 is 11.6 Å². The molecule has 0 amide bonds. The van der Waals surface area contributed by atoms with Gasteiger partial charge in [0.25, 0.3) is 0 Å². The van der Waals surface area contributed by atoms with E-state index in [9.17, 15) is 4.79 Å². The molecule has 0 saturated carbocycles. The van der Waals surface area contributed by atoms with Gasteiger partial charge < -0.3 is 9.84 Å². The molecule has 0 saturated heterocycles. The van der Waals surface area contributed by atoms with Gasteiger partial charge in [0.2, 0.25) is 5.88 Å². The topological polar surface area (TPSA) is 83.2 Å². The summed E-state index contributed by atoms with van der Waals surface area (Å²) < 4.78 is 5.39. The van der Waals surface area contributed by atoms with Gasteiger partial charge in [-0.1, -0.05) is 23.7 Å². The lowest BCUT2D eigenvalue weighted by Gasteiger charge is -2.07. The summed E-state index contributed by atoms with van der Waals surface area (Å²) in [5.41, 5.74) is 0.220. The molecule has 0 aliphatic heterocycles. The van der Waals surface area contributed by atoms with Crippen LogP contribution in [0.4, 0.5) is 0 Å². The van der Waals surface area contributed by atoms with Gasteiger partial charge in [-0.15, -0.1) is 0 Å². The summed E-state index contributed by atoms with van der Waals surface area (Å²) in [6, 6.07) is 9.75. The van der Waals surface area contributed by atoms with Crippen LogP contribution in [0.5, 0.6) is 11.6 Å². The van der Waals surface area contributed by atoms with Crippen LogP contribution in [0.2, 0.25) is 5.02 Å². The number of carboxylic acids is 1. The molecule has 0 fully saturated rings. The van der Waals surface area contributed by atoms with Gasteiger partial charge in [0.1, 0.15) is 11.8 Å². The zero-order valence-electron chi connectivity index (χ0n) is 9.50. The minimum atomic E-state index is -1.18. The van der Waals surface area contributed by atoms with E-state index in [-0.39, 0.29) is 16.5 Å². The maximum Gasteiger partial charge on any atom is 0.337 e. The molecule has 2 aromatic rings. The van der Waals surface area contributed by atoms with Gasteiger partial charge in [-0.3, -0.25) is 0 Å². The van der Waals surface area contributed by atoms with Crippen LogP contribution in [0, 0.1) is 11.3 Å². The number of carbonyl (C=O) groups is 1. The first-order chi connectivity index (χ1) is 9.11. The van der Waals surface area contributed by atoms with Crippen LogP contribution < -0.4 is 4.74 Å². The van der Waals surface area contributed by atoms with E-state index in [1.165, 1.54) is 12.3 Å². The van der Waals surface area contributed by atoms with Crippen molar-refractivity contribution in [3.05, 3.63) is 52.7 Å². The number of para-hydroxylation sites is 1. The van der Waals surface area contributed by atoms with Gasteiger partial charge >= 0.3 is 5.97 Å². The average molecular weight is 275 g/mol. The summed E-state index contributed by atoms with van der Waals surface area (Å²) in [7, 11) is 0. The molecular formula is C13H7ClN2O3. The fourth-order valence-corrected chi connectivity index (χ4v) is 1.58. The fourth-order valence-electron chi connectivity index (χ4n) is 1.40. The Hall–Kier alpha value is -2.58. The summed E-state index contributed by atoms with van der Waals surface area (Å²) in [6.45, 7) is 0. The van der Waals surface area contributed by atoms with E-state index in [0.717, 1.165) is 0 Å². The van der Waals surface area contributed by atoms with E-state index >= 15 is 0 Å². The summed E-state index contributed by atoms with van der Waals surface area (Å²) in [5, 5.41) is 17.9. The predicted molar refractivity (Wildman–Crippen MR) is 67.4 cm³/mol. The Morgan fingerprint density at radius 2 is 2.16 bits per heavy atom. The van der Waals surface area contributed by atoms with Crippen molar-refractivity contribution in [1.82, 2.24) is 4.98 Å². The van der Waals surface area contributed by atoms with Crippen LogP contribution in [-0.4, -0.2) is 16.1 Å². The number of halogens is 1. The molecule has 1 heterocycles. The number of nitrogens with zero attached hydrogens (tertiary/aromatic N) is 2. The molecule has 1 aromatic carbocycles. The Labute approximate surface area is 113 Å². The predicted octanol–water partition coefficient (Wildman–Crippen LogP) is 3.10. The van der Waals surface area contributed by atoms with Gasteiger partial charge in [-0.2, -0.15) is 5.26 Å². The molecule has 94 valence electrons. The minimum Gasteiger partial charge on any atom is -0.478 e. The monoisotopic (exact) mass is 274 g/mol. The van der Waals surface area contributed by atoms with E-state index in [1.54, 1.807) is 24.3 Å². The number of hydrogen-bond donors (Lipinski definition) is 1. The first-order valence-electron chi connectivity index (χ1n) is 5.17. The number of rotatable bonds is 3. The molecule has 0 unspecified atom stereocenters. The molecule has 0 aliphatic carbocycles. The van der Waals surface area contributed by atoms with Gasteiger partial charge in [-0.25, -0.2) is 9.78 Å². The molecule has 0 radical (unpaired) electrons. The zero-order chi connectivity index (χ0) is 13.8. The largest absolute Gasteiger partial charge is 0.478 e. The van der Waals surface area contributed by atoms with Gasteiger partial charge in [0, 0.05) is 6.07 Å². The summed E-state index contributed by atoms with van der Waals surface area (Å²) in [5.74, 6) is -0.813. The van der Waals surface area contributed by atoms with Gasteiger partial charge in [0.15, 0.2) is 0 Å². The summed E-state index contributed by atoms with van der Waals surface area (Å²) in [4.78, 5) is 14.8. The Bertz CT molecular complexity index is 680. The lowest BCUT2D eigenvalue weighted by atomic mass is 10.2. The van der Waals surface area contributed by atoms with Crippen molar-refractivity contribution >= 4 is 17.6 Å². The zero-order valence-corrected chi connectivity index (χ0v) is 10.3. The van der Waals surface area contributed by atoms with Crippen LogP contribution in [-0.2, 0) is 0 Å². The number of aromatic carboxylic acids is 1. The van der Waals surface area contributed by atoms with E-state index in [4.69, 9.17) is 26.7 Å². The highest BCUT2D eigenvalue weighted by atomic mass is 35.5. The molecule has 6 heteroatoms. The van der Waals surface area contributed by atoms with Gasteiger partial charge in [-0.05, 0) is 12.1 Å². The van der Waals surface area contributed by atoms with Crippen molar-refractivity contribution in [3.8, 4) is 17.7 Å². The first kappa shape index (κ1) is 12.9. The minimum absolute atomic E-state index is 0.0217. The summed E-state index contributed by atoms with van der Waals surface area (Å²) in [6.07, 6.45) is 1.19. The molecule has 19 heavy (non-hydrogen) atoms. The third kappa shape index (κ3) is 2.81. The van der Waals surface area contributed by atoms with Crippen LogP contribution in [0.1, 0.15) is 15.9 Å². The fraction of sp³-hybridized carbons (Fsp3) is 0. The quantitative estimate of drug-likeness (QED) is 0.930. The van der Waals surface area contributed by atoms with Crippen LogP contribution in [0.3, 0.4) is 0 Å². The van der Waals surface area contributed by atoms with E-state index in [1.807, 2.05) is 6.07 Å². The number of aromatic nitrogens is 1. The number of benzene rings is 1. The highest BCUT2D eigenvalue weighted by Crippen LogP contribution is 2.26. The highest BCUT2D eigenvalue weighted by Gasteiger charge is 2.12. The SMILES string of the molecule is N#Cc1ccccc1Oc1cc(C(=O)O)c(Cl)cn1. The average Bonchev–Trinajstić information content (AvgIpc) is 2.41. The normalized spacial score (nSPS) is 9.68.